The van der Waals surface area contributed by atoms with E-state index < -0.39 is 19.2 Å². The molecular weight excluding hydrogens is 269 g/mol. The number of rotatable bonds is 6. The fourth-order valence-electron chi connectivity index (χ4n) is 1.96. The van der Waals surface area contributed by atoms with Crippen LogP contribution in [0.5, 0.6) is 5.88 Å². The quantitative estimate of drug-likeness (QED) is 0.872. The smallest absolute Gasteiger partial charge is 0.392 e. The summed E-state index contributed by atoms with van der Waals surface area (Å²) in [4.78, 5) is 4.22. The summed E-state index contributed by atoms with van der Waals surface area (Å²) in [5, 5.41) is 3.34. The number of alkyl halides is 3. The highest BCUT2D eigenvalue weighted by Crippen LogP contribution is 2.25. The average Bonchev–Trinajstić information content (AvgIpc) is 3.09. The van der Waals surface area contributed by atoms with Crippen molar-refractivity contribution >= 4 is 0 Å². The van der Waals surface area contributed by atoms with Gasteiger partial charge in [-0.1, -0.05) is 0 Å². The first kappa shape index (κ1) is 15.1. The third-order valence-corrected chi connectivity index (χ3v) is 3.21. The number of aromatic nitrogens is 1. The van der Waals surface area contributed by atoms with Gasteiger partial charge in [-0.25, -0.2) is 4.98 Å². The lowest BCUT2D eigenvalue weighted by Gasteiger charge is -2.15. The molecule has 0 radical (unpaired) electrons. The Bertz CT molecular complexity index is 470. The molecule has 1 aromatic heterocycles. The number of hydrogen-bond donors (Lipinski definition) is 1. The van der Waals surface area contributed by atoms with Crippen LogP contribution in [-0.4, -0.2) is 23.8 Å². The summed E-state index contributed by atoms with van der Waals surface area (Å²) < 4.78 is 41.8. The minimum Gasteiger partial charge on any atom is -0.477 e. The molecule has 0 amide bonds. The average molecular weight is 288 g/mol. The van der Waals surface area contributed by atoms with Crippen molar-refractivity contribution in [1.29, 1.82) is 0 Å². The van der Waals surface area contributed by atoms with Crippen molar-refractivity contribution in [2.24, 2.45) is 0 Å². The fourth-order valence-corrected chi connectivity index (χ4v) is 1.96. The highest BCUT2D eigenvalue weighted by Gasteiger charge is 2.27. The van der Waals surface area contributed by atoms with Crippen LogP contribution in [0.4, 0.5) is 13.2 Å². The van der Waals surface area contributed by atoms with E-state index in [9.17, 15) is 13.2 Å². The summed E-state index contributed by atoms with van der Waals surface area (Å²) in [5.74, 6) is 0.319. The predicted octanol–water partition coefficient (Wildman–Crippen LogP) is 3.28. The van der Waals surface area contributed by atoms with Gasteiger partial charge in [0.25, 0.3) is 0 Å². The Balaban J connectivity index is 2.03. The molecule has 0 unspecified atom stereocenters. The SMILES string of the molecule is Cc1cc(C)c(CNC2CC2)c(OCCC(F)(F)F)n1. The number of pyridine rings is 1. The number of ether oxygens (including phenoxy) is 1. The minimum absolute atomic E-state index is 0.319. The molecule has 2 rings (SSSR count). The van der Waals surface area contributed by atoms with Gasteiger partial charge in [0.2, 0.25) is 5.88 Å². The van der Waals surface area contributed by atoms with Gasteiger partial charge in [0.15, 0.2) is 0 Å². The number of nitrogens with one attached hydrogen (secondary N) is 1. The second kappa shape index (κ2) is 5.99. The molecule has 20 heavy (non-hydrogen) atoms. The molecule has 0 aliphatic heterocycles. The predicted molar refractivity (Wildman–Crippen MR) is 69.7 cm³/mol. The lowest BCUT2D eigenvalue weighted by Crippen LogP contribution is -2.19. The lowest BCUT2D eigenvalue weighted by molar-refractivity contribution is -0.139. The van der Waals surface area contributed by atoms with Gasteiger partial charge in [-0.05, 0) is 38.3 Å². The van der Waals surface area contributed by atoms with Crippen LogP contribution in [0.25, 0.3) is 0 Å². The third-order valence-electron chi connectivity index (χ3n) is 3.21. The number of halogens is 3. The first-order chi connectivity index (χ1) is 9.35. The number of nitrogens with zero attached hydrogens (tertiary/aromatic N) is 1. The molecule has 1 aliphatic rings. The zero-order chi connectivity index (χ0) is 14.8. The molecule has 0 spiro atoms. The van der Waals surface area contributed by atoms with Crippen molar-refractivity contribution in [3.63, 3.8) is 0 Å². The van der Waals surface area contributed by atoms with Crippen molar-refractivity contribution in [3.05, 3.63) is 22.9 Å². The standard InChI is InChI=1S/C14H19F3N2O/c1-9-7-10(2)19-13(20-6-5-14(15,16)17)12(9)8-18-11-3-4-11/h7,11,18H,3-6,8H2,1-2H3. The molecule has 0 saturated heterocycles. The van der Waals surface area contributed by atoms with Crippen molar-refractivity contribution < 1.29 is 17.9 Å². The van der Waals surface area contributed by atoms with E-state index in [0.29, 0.717) is 18.5 Å². The summed E-state index contributed by atoms with van der Waals surface area (Å²) in [6.45, 7) is 3.93. The van der Waals surface area contributed by atoms with E-state index in [1.165, 1.54) is 0 Å². The molecule has 3 nitrogen and oxygen atoms in total. The fraction of sp³-hybridized carbons (Fsp3) is 0.643. The van der Waals surface area contributed by atoms with Gasteiger partial charge in [0.1, 0.15) is 0 Å². The van der Waals surface area contributed by atoms with Crippen LogP contribution in [-0.2, 0) is 6.54 Å². The molecule has 1 fully saturated rings. The second-order valence-corrected chi connectivity index (χ2v) is 5.23. The number of hydrogen-bond acceptors (Lipinski definition) is 3. The molecule has 1 aliphatic carbocycles. The molecule has 1 N–H and O–H groups in total. The van der Waals surface area contributed by atoms with Gasteiger partial charge in [-0.2, -0.15) is 13.2 Å². The van der Waals surface area contributed by atoms with Crippen LogP contribution in [0.2, 0.25) is 0 Å². The summed E-state index contributed by atoms with van der Waals surface area (Å²) in [5.41, 5.74) is 2.59. The molecule has 1 aromatic rings. The van der Waals surface area contributed by atoms with Gasteiger partial charge < -0.3 is 10.1 Å². The molecule has 112 valence electrons. The third kappa shape index (κ3) is 4.67. The van der Waals surface area contributed by atoms with Crippen LogP contribution >= 0.6 is 0 Å². The monoisotopic (exact) mass is 288 g/mol. The van der Waals surface area contributed by atoms with Gasteiger partial charge in [-0.3, -0.25) is 0 Å². The summed E-state index contributed by atoms with van der Waals surface area (Å²) in [6, 6.07) is 2.44. The summed E-state index contributed by atoms with van der Waals surface area (Å²) in [7, 11) is 0. The van der Waals surface area contributed by atoms with Gasteiger partial charge >= 0.3 is 6.18 Å². The second-order valence-electron chi connectivity index (χ2n) is 5.23. The zero-order valence-electron chi connectivity index (χ0n) is 11.7. The number of aryl methyl sites for hydroxylation is 2. The van der Waals surface area contributed by atoms with E-state index in [2.05, 4.69) is 10.3 Å². The topological polar surface area (TPSA) is 34.1 Å². The maximum atomic E-state index is 12.2. The van der Waals surface area contributed by atoms with E-state index in [-0.39, 0.29) is 0 Å². The molecule has 6 heteroatoms. The van der Waals surface area contributed by atoms with Crippen LogP contribution in [0, 0.1) is 13.8 Å². The first-order valence-electron chi connectivity index (χ1n) is 6.75. The molecule has 0 aromatic carbocycles. The molecule has 0 bridgehead atoms. The highest BCUT2D eigenvalue weighted by molar-refractivity contribution is 5.36. The summed E-state index contributed by atoms with van der Waals surface area (Å²) >= 11 is 0. The van der Waals surface area contributed by atoms with E-state index in [1.54, 1.807) is 0 Å². The zero-order valence-corrected chi connectivity index (χ0v) is 11.7. The molecule has 0 atom stereocenters. The van der Waals surface area contributed by atoms with Crippen LogP contribution < -0.4 is 10.1 Å². The Morgan fingerprint density at radius 2 is 2.05 bits per heavy atom. The van der Waals surface area contributed by atoms with E-state index in [1.807, 2.05) is 19.9 Å². The van der Waals surface area contributed by atoms with Crippen LogP contribution in [0.3, 0.4) is 0 Å². The molecule has 1 saturated carbocycles. The van der Waals surface area contributed by atoms with Crippen LogP contribution in [0.1, 0.15) is 36.1 Å². The van der Waals surface area contributed by atoms with E-state index in [4.69, 9.17) is 4.74 Å². The van der Waals surface area contributed by atoms with Crippen molar-refractivity contribution in [2.45, 2.75) is 51.9 Å². The first-order valence-corrected chi connectivity index (χ1v) is 6.75. The summed E-state index contributed by atoms with van der Waals surface area (Å²) in [6.07, 6.45) is -2.85. The normalized spacial score (nSPS) is 15.4. The Hall–Kier alpha value is -1.30. The maximum Gasteiger partial charge on any atom is 0.392 e. The highest BCUT2D eigenvalue weighted by atomic mass is 19.4. The van der Waals surface area contributed by atoms with Gasteiger partial charge in [0.05, 0.1) is 13.0 Å². The Labute approximate surface area is 116 Å². The Morgan fingerprint density at radius 3 is 2.65 bits per heavy atom. The van der Waals surface area contributed by atoms with E-state index in [0.717, 1.165) is 29.7 Å². The van der Waals surface area contributed by atoms with E-state index >= 15 is 0 Å². The van der Waals surface area contributed by atoms with Crippen molar-refractivity contribution in [3.8, 4) is 5.88 Å². The van der Waals surface area contributed by atoms with Crippen molar-refractivity contribution in [2.75, 3.05) is 6.61 Å². The largest absolute Gasteiger partial charge is 0.477 e. The maximum absolute atomic E-state index is 12.2. The minimum atomic E-state index is -4.20. The van der Waals surface area contributed by atoms with Crippen molar-refractivity contribution in [1.82, 2.24) is 10.3 Å². The molecular formula is C14H19F3N2O. The van der Waals surface area contributed by atoms with Gasteiger partial charge in [0, 0.05) is 23.8 Å². The Kier molecular flexibility index (Phi) is 4.52. The van der Waals surface area contributed by atoms with Gasteiger partial charge in [-0.15, -0.1) is 0 Å². The molecule has 1 heterocycles. The van der Waals surface area contributed by atoms with Crippen LogP contribution in [0.15, 0.2) is 6.07 Å². The lowest BCUT2D eigenvalue weighted by atomic mass is 10.1. The Morgan fingerprint density at radius 1 is 1.35 bits per heavy atom.